The summed E-state index contributed by atoms with van der Waals surface area (Å²) in [6.45, 7) is 3.79. The van der Waals surface area contributed by atoms with Crippen molar-refractivity contribution in [2.45, 2.75) is 39.5 Å². The van der Waals surface area contributed by atoms with Crippen LogP contribution in [-0.4, -0.2) is 24.9 Å². The second-order valence-corrected chi connectivity index (χ2v) is 5.05. The fraction of sp³-hybridized carbons (Fsp3) is 0.500. The lowest BCUT2D eigenvalue weighted by atomic mass is 10.2. The summed E-state index contributed by atoms with van der Waals surface area (Å²) < 4.78 is 27.5. The van der Waals surface area contributed by atoms with Crippen LogP contribution < -0.4 is 10.2 Å². The van der Waals surface area contributed by atoms with Gasteiger partial charge in [-0.25, -0.2) is 8.78 Å². The Morgan fingerprint density at radius 1 is 1.18 bits per heavy atom. The first-order valence-electron chi connectivity index (χ1n) is 7.46. The first-order chi connectivity index (χ1) is 10.5. The first-order valence-corrected chi connectivity index (χ1v) is 7.46. The van der Waals surface area contributed by atoms with E-state index in [1.54, 1.807) is 0 Å². The summed E-state index contributed by atoms with van der Waals surface area (Å²) in [6, 6.07) is 3.39. The molecule has 0 heterocycles. The number of amides is 2. The Kier molecular flexibility index (Phi) is 7.49. The average molecular weight is 312 g/mol. The first kappa shape index (κ1) is 18.1. The van der Waals surface area contributed by atoms with Crippen molar-refractivity contribution in [2.24, 2.45) is 0 Å². The molecule has 0 atom stereocenters. The predicted octanol–water partition coefficient (Wildman–Crippen LogP) is 3.01. The van der Waals surface area contributed by atoms with E-state index in [1.165, 1.54) is 13.0 Å². The molecular formula is C16H22F2N2O2. The van der Waals surface area contributed by atoms with E-state index >= 15 is 0 Å². The standard InChI is InChI=1S/C16H22F2N2O2/c1-3-4-5-10-19-15(22)9-11-20(12(2)21)16-13(17)7-6-8-14(16)18/h6-8H,3-5,9-11H2,1-2H3,(H,19,22). The van der Waals surface area contributed by atoms with Crippen molar-refractivity contribution in [1.82, 2.24) is 5.32 Å². The zero-order valence-corrected chi connectivity index (χ0v) is 13.0. The lowest BCUT2D eigenvalue weighted by molar-refractivity contribution is -0.121. The number of nitrogens with zero attached hydrogens (tertiary/aromatic N) is 1. The van der Waals surface area contributed by atoms with E-state index in [4.69, 9.17) is 0 Å². The summed E-state index contributed by atoms with van der Waals surface area (Å²) in [4.78, 5) is 24.3. The molecule has 0 aliphatic heterocycles. The minimum Gasteiger partial charge on any atom is -0.356 e. The number of anilines is 1. The van der Waals surface area contributed by atoms with Gasteiger partial charge in [0.2, 0.25) is 11.8 Å². The van der Waals surface area contributed by atoms with Gasteiger partial charge in [-0.15, -0.1) is 0 Å². The van der Waals surface area contributed by atoms with Gasteiger partial charge in [0, 0.05) is 26.4 Å². The van der Waals surface area contributed by atoms with Gasteiger partial charge in [0.05, 0.1) is 0 Å². The summed E-state index contributed by atoms with van der Waals surface area (Å²) in [5, 5.41) is 2.73. The Morgan fingerprint density at radius 2 is 1.82 bits per heavy atom. The molecule has 1 aromatic rings. The van der Waals surface area contributed by atoms with E-state index in [0.29, 0.717) is 6.54 Å². The third kappa shape index (κ3) is 5.42. The molecule has 2 amide bonds. The molecular weight excluding hydrogens is 290 g/mol. The van der Waals surface area contributed by atoms with Gasteiger partial charge in [-0.1, -0.05) is 25.8 Å². The second kappa shape index (κ2) is 9.12. The van der Waals surface area contributed by atoms with Crippen LogP contribution in [-0.2, 0) is 9.59 Å². The van der Waals surface area contributed by atoms with E-state index < -0.39 is 23.2 Å². The molecule has 0 aliphatic rings. The molecule has 22 heavy (non-hydrogen) atoms. The number of nitrogens with one attached hydrogen (secondary N) is 1. The number of benzene rings is 1. The maximum atomic E-state index is 13.7. The zero-order chi connectivity index (χ0) is 16.5. The molecule has 0 aromatic heterocycles. The van der Waals surface area contributed by atoms with E-state index in [-0.39, 0.29) is 18.9 Å². The molecule has 0 bridgehead atoms. The molecule has 1 rings (SSSR count). The molecule has 0 saturated carbocycles. The van der Waals surface area contributed by atoms with Gasteiger partial charge in [-0.05, 0) is 18.6 Å². The highest BCUT2D eigenvalue weighted by Gasteiger charge is 2.20. The maximum absolute atomic E-state index is 13.7. The summed E-state index contributed by atoms with van der Waals surface area (Å²) in [5.74, 6) is -2.39. The van der Waals surface area contributed by atoms with E-state index in [0.717, 1.165) is 36.3 Å². The third-order valence-electron chi connectivity index (χ3n) is 3.25. The average Bonchev–Trinajstić information content (AvgIpc) is 2.46. The lowest BCUT2D eigenvalue weighted by Crippen LogP contribution is -2.35. The molecule has 1 N–H and O–H groups in total. The lowest BCUT2D eigenvalue weighted by Gasteiger charge is -2.22. The van der Waals surface area contributed by atoms with Crippen LogP contribution >= 0.6 is 0 Å². The van der Waals surface area contributed by atoms with E-state index in [9.17, 15) is 18.4 Å². The third-order valence-corrected chi connectivity index (χ3v) is 3.25. The molecule has 0 fully saturated rings. The molecule has 6 heteroatoms. The Balaban J connectivity index is 2.63. The summed E-state index contributed by atoms with van der Waals surface area (Å²) >= 11 is 0. The monoisotopic (exact) mass is 312 g/mol. The summed E-state index contributed by atoms with van der Waals surface area (Å²) in [7, 11) is 0. The van der Waals surface area contributed by atoms with Crippen LogP contribution in [0.2, 0.25) is 0 Å². The van der Waals surface area contributed by atoms with Crippen molar-refractivity contribution in [2.75, 3.05) is 18.0 Å². The molecule has 0 unspecified atom stereocenters. The van der Waals surface area contributed by atoms with Gasteiger partial charge >= 0.3 is 0 Å². The Hall–Kier alpha value is -1.98. The molecule has 0 saturated heterocycles. The van der Waals surface area contributed by atoms with Crippen LogP contribution in [0.5, 0.6) is 0 Å². The van der Waals surface area contributed by atoms with Crippen molar-refractivity contribution in [1.29, 1.82) is 0 Å². The van der Waals surface area contributed by atoms with Crippen LogP contribution in [0.15, 0.2) is 18.2 Å². The number of para-hydroxylation sites is 1. The van der Waals surface area contributed by atoms with Gasteiger partial charge in [0.25, 0.3) is 0 Å². The molecule has 1 aromatic carbocycles. The quantitative estimate of drug-likeness (QED) is 0.750. The van der Waals surface area contributed by atoms with Gasteiger partial charge in [-0.2, -0.15) is 0 Å². The number of hydrogen-bond donors (Lipinski definition) is 1. The topological polar surface area (TPSA) is 49.4 Å². The van der Waals surface area contributed by atoms with Crippen molar-refractivity contribution in [3.05, 3.63) is 29.8 Å². The summed E-state index contributed by atoms with van der Waals surface area (Å²) in [6.07, 6.45) is 2.97. The molecule has 0 spiro atoms. The van der Waals surface area contributed by atoms with E-state index in [1.807, 2.05) is 0 Å². The number of unbranched alkanes of at least 4 members (excludes halogenated alkanes) is 2. The fourth-order valence-corrected chi connectivity index (χ4v) is 2.08. The molecule has 0 aliphatic carbocycles. The highest BCUT2D eigenvalue weighted by Crippen LogP contribution is 2.23. The smallest absolute Gasteiger partial charge is 0.224 e. The van der Waals surface area contributed by atoms with Gasteiger partial charge < -0.3 is 10.2 Å². The highest BCUT2D eigenvalue weighted by molar-refractivity contribution is 5.92. The van der Waals surface area contributed by atoms with Crippen molar-refractivity contribution >= 4 is 17.5 Å². The normalized spacial score (nSPS) is 10.4. The van der Waals surface area contributed by atoms with Crippen LogP contribution in [0.1, 0.15) is 39.5 Å². The van der Waals surface area contributed by atoms with E-state index in [2.05, 4.69) is 12.2 Å². The van der Waals surface area contributed by atoms with Crippen molar-refractivity contribution in [3.63, 3.8) is 0 Å². The number of carbonyl (C=O) groups excluding carboxylic acids is 2. The van der Waals surface area contributed by atoms with Gasteiger partial charge in [-0.3, -0.25) is 9.59 Å². The number of halogens is 2. The van der Waals surface area contributed by atoms with Crippen molar-refractivity contribution in [3.8, 4) is 0 Å². The SMILES string of the molecule is CCCCCNC(=O)CCN(C(C)=O)c1c(F)cccc1F. The Morgan fingerprint density at radius 3 is 2.36 bits per heavy atom. The molecule has 4 nitrogen and oxygen atoms in total. The largest absolute Gasteiger partial charge is 0.356 e. The van der Waals surface area contributed by atoms with Crippen LogP contribution in [0, 0.1) is 11.6 Å². The highest BCUT2D eigenvalue weighted by atomic mass is 19.1. The number of carbonyl (C=O) groups is 2. The van der Waals surface area contributed by atoms with Crippen LogP contribution in [0.3, 0.4) is 0 Å². The predicted molar refractivity (Wildman–Crippen MR) is 81.5 cm³/mol. The summed E-state index contributed by atoms with van der Waals surface area (Å²) in [5.41, 5.74) is -0.409. The Bertz CT molecular complexity index is 501. The minimum absolute atomic E-state index is 0.000517. The zero-order valence-electron chi connectivity index (χ0n) is 13.0. The van der Waals surface area contributed by atoms with Crippen LogP contribution in [0.4, 0.5) is 14.5 Å². The molecule has 122 valence electrons. The maximum Gasteiger partial charge on any atom is 0.224 e. The number of rotatable bonds is 8. The number of hydrogen-bond acceptors (Lipinski definition) is 2. The minimum atomic E-state index is -0.821. The van der Waals surface area contributed by atoms with Crippen LogP contribution in [0.25, 0.3) is 0 Å². The van der Waals surface area contributed by atoms with Gasteiger partial charge in [0.1, 0.15) is 17.3 Å². The van der Waals surface area contributed by atoms with Gasteiger partial charge in [0.15, 0.2) is 0 Å². The molecule has 0 radical (unpaired) electrons. The van der Waals surface area contributed by atoms with Crippen molar-refractivity contribution < 1.29 is 18.4 Å². The fourth-order valence-electron chi connectivity index (χ4n) is 2.08. The Labute approximate surface area is 129 Å². The second-order valence-electron chi connectivity index (χ2n) is 5.05.